The van der Waals surface area contributed by atoms with E-state index in [1.165, 1.54) is 25.7 Å². The molecule has 1 aliphatic heterocycles. The molecule has 0 spiro atoms. The first-order valence-corrected chi connectivity index (χ1v) is 10.5. The van der Waals surface area contributed by atoms with E-state index in [0.717, 1.165) is 57.9 Å². The van der Waals surface area contributed by atoms with E-state index in [1.807, 2.05) is 14.1 Å². The van der Waals surface area contributed by atoms with Crippen LogP contribution in [0.25, 0.3) is 0 Å². The quantitative estimate of drug-likeness (QED) is 0.225. The predicted molar refractivity (Wildman–Crippen MR) is 124 cm³/mol. The highest BCUT2D eigenvalue weighted by molar-refractivity contribution is 14.0. The van der Waals surface area contributed by atoms with Crippen molar-refractivity contribution in [2.75, 3.05) is 46.8 Å². The van der Waals surface area contributed by atoms with Crippen molar-refractivity contribution in [3.8, 4) is 0 Å². The Hall–Kier alpha value is -0.570. The maximum Gasteiger partial charge on any atom is 0.239 e. The number of nitrogens with one attached hydrogen (secondary N) is 2. The molecular formula is C20H40IN5O. The molecule has 0 aromatic carbocycles. The van der Waals surface area contributed by atoms with Gasteiger partial charge < -0.3 is 15.5 Å². The predicted octanol–water partition coefficient (Wildman–Crippen LogP) is 2.68. The SMILES string of the molecule is CCNC(=NCC1(CC)CCC1)NCCCN1CCCC1C(=O)N(C)C.I. The number of likely N-dealkylation sites (tertiary alicyclic amines) is 1. The van der Waals surface area contributed by atoms with Crippen LogP contribution in [0.3, 0.4) is 0 Å². The molecule has 27 heavy (non-hydrogen) atoms. The van der Waals surface area contributed by atoms with Gasteiger partial charge >= 0.3 is 0 Å². The first-order valence-electron chi connectivity index (χ1n) is 10.5. The minimum atomic E-state index is 0. The Bertz CT molecular complexity index is 473. The van der Waals surface area contributed by atoms with Crippen LogP contribution >= 0.6 is 24.0 Å². The minimum Gasteiger partial charge on any atom is -0.357 e. The standard InChI is InChI=1S/C20H39N5O.HI/c1-5-20(11-8-12-20)16-23-19(21-6-2)22-13-9-15-25-14-7-10-17(25)18(26)24(3)4;/h17H,5-16H2,1-4H3,(H2,21,22,23);1H. The fourth-order valence-electron chi connectivity index (χ4n) is 4.05. The number of halogens is 1. The summed E-state index contributed by atoms with van der Waals surface area (Å²) in [6.07, 6.45) is 8.38. The van der Waals surface area contributed by atoms with E-state index in [2.05, 4.69) is 29.4 Å². The first kappa shape index (κ1) is 24.5. The third-order valence-electron chi connectivity index (χ3n) is 6.09. The Balaban J connectivity index is 0.00000364. The van der Waals surface area contributed by atoms with E-state index in [1.54, 1.807) is 4.90 Å². The van der Waals surface area contributed by atoms with Crippen molar-refractivity contribution in [2.24, 2.45) is 10.4 Å². The number of likely N-dealkylation sites (N-methyl/N-ethyl adjacent to an activating group) is 1. The molecule has 2 fully saturated rings. The van der Waals surface area contributed by atoms with Crippen molar-refractivity contribution >= 4 is 35.8 Å². The van der Waals surface area contributed by atoms with Crippen molar-refractivity contribution in [1.82, 2.24) is 20.4 Å². The summed E-state index contributed by atoms with van der Waals surface area (Å²) in [5.41, 5.74) is 0.456. The van der Waals surface area contributed by atoms with Crippen molar-refractivity contribution in [3.05, 3.63) is 0 Å². The van der Waals surface area contributed by atoms with Crippen LogP contribution in [-0.2, 0) is 4.79 Å². The maximum absolute atomic E-state index is 12.3. The van der Waals surface area contributed by atoms with Gasteiger partial charge in [0, 0.05) is 40.3 Å². The molecule has 1 atom stereocenters. The molecule has 7 heteroatoms. The molecule has 1 amide bonds. The highest BCUT2D eigenvalue weighted by Gasteiger charge is 2.35. The van der Waals surface area contributed by atoms with Crippen LogP contribution in [0.4, 0.5) is 0 Å². The lowest BCUT2D eigenvalue weighted by molar-refractivity contribution is -0.133. The van der Waals surface area contributed by atoms with Crippen LogP contribution in [0.15, 0.2) is 4.99 Å². The summed E-state index contributed by atoms with van der Waals surface area (Å²) in [5, 5.41) is 6.84. The fraction of sp³-hybridized carbons (Fsp3) is 0.900. The number of hydrogen-bond donors (Lipinski definition) is 2. The van der Waals surface area contributed by atoms with Gasteiger partial charge in [0.25, 0.3) is 0 Å². The maximum atomic E-state index is 12.3. The molecule has 1 unspecified atom stereocenters. The summed E-state index contributed by atoms with van der Waals surface area (Å²) >= 11 is 0. The van der Waals surface area contributed by atoms with Gasteiger partial charge in [-0.25, -0.2) is 0 Å². The van der Waals surface area contributed by atoms with Crippen molar-refractivity contribution in [2.45, 2.75) is 64.8 Å². The number of rotatable bonds is 9. The second kappa shape index (κ2) is 12.1. The minimum absolute atomic E-state index is 0. The molecule has 1 saturated heterocycles. The van der Waals surface area contributed by atoms with Crippen LogP contribution in [0, 0.1) is 5.41 Å². The van der Waals surface area contributed by atoms with Crippen molar-refractivity contribution in [3.63, 3.8) is 0 Å². The second-order valence-electron chi connectivity index (χ2n) is 8.11. The Kier molecular flexibility index (Phi) is 11.0. The zero-order valence-corrected chi connectivity index (χ0v) is 20.1. The van der Waals surface area contributed by atoms with Gasteiger partial charge in [0.2, 0.25) is 5.91 Å². The number of aliphatic imine (C=N–C) groups is 1. The topological polar surface area (TPSA) is 60.0 Å². The summed E-state index contributed by atoms with van der Waals surface area (Å²) in [6, 6.07) is 0.0786. The van der Waals surface area contributed by atoms with Crippen LogP contribution in [-0.4, -0.2) is 74.5 Å². The number of nitrogens with zero attached hydrogens (tertiary/aromatic N) is 3. The lowest BCUT2D eigenvalue weighted by Gasteiger charge is -2.40. The highest BCUT2D eigenvalue weighted by atomic mass is 127. The summed E-state index contributed by atoms with van der Waals surface area (Å²) in [6.45, 7) is 9.12. The summed E-state index contributed by atoms with van der Waals surface area (Å²) in [7, 11) is 3.70. The molecule has 0 bridgehead atoms. The number of carbonyl (C=O) groups is 1. The summed E-state index contributed by atoms with van der Waals surface area (Å²) < 4.78 is 0. The Morgan fingerprint density at radius 3 is 2.52 bits per heavy atom. The fourth-order valence-corrected chi connectivity index (χ4v) is 4.05. The zero-order chi connectivity index (χ0) is 19.0. The number of amides is 1. The van der Waals surface area contributed by atoms with Crippen molar-refractivity contribution in [1.29, 1.82) is 0 Å². The molecule has 1 heterocycles. The molecule has 2 N–H and O–H groups in total. The van der Waals surface area contributed by atoms with E-state index in [-0.39, 0.29) is 35.9 Å². The number of hydrogen-bond acceptors (Lipinski definition) is 3. The van der Waals surface area contributed by atoms with Gasteiger partial charge in [0.15, 0.2) is 5.96 Å². The van der Waals surface area contributed by atoms with E-state index in [4.69, 9.17) is 4.99 Å². The first-order chi connectivity index (χ1) is 12.5. The molecule has 1 saturated carbocycles. The average molecular weight is 493 g/mol. The molecule has 1 aliphatic carbocycles. The van der Waals surface area contributed by atoms with Gasteiger partial charge in [0.05, 0.1) is 6.04 Å². The van der Waals surface area contributed by atoms with E-state index in [0.29, 0.717) is 5.41 Å². The number of carbonyl (C=O) groups excluding carboxylic acids is 1. The molecular weight excluding hydrogens is 453 g/mol. The van der Waals surface area contributed by atoms with Crippen LogP contribution < -0.4 is 10.6 Å². The van der Waals surface area contributed by atoms with E-state index >= 15 is 0 Å². The molecule has 0 radical (unpaired) electrons. The molecule has 0 aromatic rings. The monoisotopic (exact) mass is 493 g/mol. The Morgan fingerprint density at radius 2 is 1.96 bits per heavy atom. The van der Waals surface area contributed by atoms with Gasteiger partial charge in [-0.3, -0.25) is 14.7 Å². The largest absolute Gasteiger partial charge is 0.357 e. The molecule has 0 aromatic heterocycles. The number of guanidine groups is 1. The Morgan fingerprint density at radius 1 is 1.22 bits per heavy atom. The van der Waals surface area contributed by atoms with Crippen LogP contribution in [0.1, 0.15) is 58.8 Å². The van der Waals surface area contributed by atoms with Crippen molar-refractivity contribution < 1.29 is 4.79 Å². The Labute approximate surface area is 182 Å². The third kappa shape index (κ3) is 7.07. The van der Waals surface area contributed by atoms with Gasteiger partial charge in [-0.05, 0) is 57.4 Å². The molecule has 2 aliphatic rings. The molecule has 2 rings (SSSR count). The van der Waals surface area contributed by atoms with E-state index in [9.17, 15) is 4.79 Å². The summed E-state index contributed by atoms with van der Waals surface area (Å²) in [4.78, 5) is 21.2. The zero-order valence-electron chi connectivity index (χ0n) is 17.7. The van der Waals surface area contributed by atoms with Gasteiger partial charge in [-0.2, -0.15) is 0 Å². The van der Waals surface area contributed by atoms with Crippen LogP contribution in [0.2, 0.25) is 0 Å². The third-order valence-corrected chi connectivity index (χ3v) is 6.09. The van der Waals surface area contributed by atoms with Gasteiger partial charge in [-0.15, -0.1) is 24.0 Å². The van der Waals surface area contributed by atoms with E-state index < -0.39 is 0 Å². The average Bonchev–Trinajstić information content (AvgIpc) is 3.05. The summed E-state index contributed by atoms with van der Waals surface area (Å²) in [5.74, 6) is 1.19. The van der Waals surface area contributed by atoms with Gasteiger partial charge in [0.1, 0.15) is 0 Å². The lowest BCUT2D eigenvalue weighted by Crippen LogP contribution is -2.44. The smallest absolute Gasteiger partial charge is 0.239 e. The highest BCUT2D eigenvalue weighted by Crippen LogP contribution is 2.43. The lowest BCUT2D eigenvalue weighted by atomic mass is 9.67. The normalized spacial score (nSPS) is 21.9. The molecule has 158 valence electrons. The molecule has 6 nitrogen and oxygen atoms in total. The second-order valence-corrected chi connectivity index (χ2v) is 8.11. The van der Waals surface area contributed by atoms with Crippen LogP contribution in [0.5, 0.6) is 0 Å². The van der Waals surface area contributed by atoms with Gasteiger partial charge in [-0.1, -0.05) is 13.3 Å².